The van der Waals surface area contributed by atoms with Crippen molar-refractivity contribution in [3.8, 4) is 0 Å². The number of ether oxygens (including phenoxy) is 1. The summed E-state index contributed by atoms with van der Waals surface area (Å²) in [6, 6.07) is 4.16. The summed E-state index contributed by atoms with van der Waals surface area (Å²) in [4.78, 5) is 12.0. The highest BCUT2D eigenvalue weighted by atomic mass is 32.1. The molecule has 2 rings (SSSR count). The van der Waals surface area contributed by atoms with E-state index >= 15 is 0 Å². The summed E-state index contributed by atoms with van der Waals surface area (Å²) in [6.07, 6.45) is 0.589. The van der Waals surface area contributed by atoms with Gasteiger partial charge in [-0.2, -0.15) is 0 Å². The zero-order valence-corrected chi connectivity index (χ0v) is 11.3. The van der Waals surface area contributed by atoms with Crippen LogP contribution in [0.3, 0.4) is 0 Å². The predicted molar refractivity (Wildman–Crippen MR) is 74.4 cm³/mol. The zero-order chi connectivity index (χ0) is 14.0. The van der Waals surface area contributed by atoms with E-state index in [0.717, 1.165) is 0 Å². The Morgan fingerprint density at radius 3 is 2.89 bits per heavy atom. The molecule has 1 heterocycles. The van der Waals surface area contributed by atoms with E-state index < -0.39 is 5.82 Å². The monoisotopic (exact) mass is 282 g/mol. The van der Waals surface area contributed by atoms with Gasteiger partial charge in [-0.3, -0.25) is 4.79 Å². The lowest BCUT2D eigenvalue weighted by Crippen LogP contribution is -2.28. The Hall–Kier alpha value is -1.53. The second-order valence-electron chi connectivity index (χ2n) is 4.52. The highest BCUT2D eigenvalue weighted by Crippen LogP contribution is 2.23. The van der Waals surface area contributed by atoms with Gasteiger partial charge in [0.2, 0.25) is 5.91 Å². The van der Waals surface area contributed by atoms with Crippen LogP contribution in [0.1, 0.15) is 18.9 Å². The molecule has 0 saturated carbocycles. The molecule has 1 amide bonds. The Kier molecular flexibility index (Phi) is 4.11. The lowest BCUT2D eigenvalue weighted by atomic mass is 10.0. The van der Waals surface area contributed by atoms with Crippen LogP contribution in [0.4, 0.5) is 10.1 Å². The fourth-order valence-corrected chi connectivity index (χ4v) is 2.26. The van der Waals surface area contributed by atoms with E-state index in [9.17, 15) is 9.18 Å². The number of carbonyl (C=O) groups is 1. The highest BCUT2D eigenvalue weighted by molar-refractivity contribution is 7.80. The van der Waals surface area contributed by atoms with Crippen molar-refractivity contribution in [2.45, 2.75) is 19.4 Å². The van der Waals surface area contributed by atoms with E-state index in [0.29, 0.717) is 18.7 Å². The molecule has 1 aliphatic heterocycles. The van der Waals surface area contributed by atoms with E-state index in [4.69, 9.17) is 22.7 Å². The number of carbonyl (C=O) groups excluding carboxylic acids is 1. The molecular weight excluding hydrogens is 267 g/mol. The van der Waals surface area contributed by atoms with Crippen molar-refractivity contribution in [1.29, 1.82) is 0 Å². The summed E-state index contributed by atoms with van der Waals surface area (Å²) in [5.74, 6) is -0.813. The fourth-order valence-electron chi connectivity index (χ4n) is 2.10. The largest absolute Gasteiger partial charge is 0.389 e. The van der Waals surface area contributed by atoms with Gasteiger partial charge in [-0.1, -0.05) is 12.2 Å². The van der Waals surface area contributed by atoms with Crippen LogP contribution in [0.2, 0.25) is 0 Å². The van der Waals surface area contributed by atoms with Gasteiger partial charge in [0, 0.05) is 17.9 Å². The fraction of sp³-hybridized carbons (Fsp3) is 0.385. The molecule has 102 valence electrons. The molecule has 4 nitrogen and oxygen atoms in total. The quantitative estimate of drug-likeness (QED) is 0.830. The van der Waals surface area contributed by atoms with Crippen LogP contribution < -0.4 is 11.1 Å². The van der Waals surface area contributed by atoms with Crippen molar-refractivity contribution in [1.82, 2.24) is 0 Å². The Labute approximate surface area is 116 Å². The molecule has 6 heteroatoms. The van der Waals surface area contributed by atoms with E-state index in [1.165, 1.54) is 18.2 Å². The standard InChI is InChI=1S/C13H15FN2O2S/c1-7-9(4-5-18-7)13(17)16-8-2-3-11(14)10(6-8)12(15)19/h2-3,6-7,9H,4-5H2,1H3,(H2,15,19)(H,16,17). The van der Waals surface area contributed by atoms with Crippen LogP contribution >= 0.6 is 12.2 Å². The molecule has 1 aliphatic rings. The van der Waals surface area contributed by atoms with Crippen LogP contribution in [-0.2, 0) is 9.53 Å². The summed E-state index contributed by atoms with van der Waals surface area (Å²) < 4.78 is 18.8. The molecule has 0 spiro atoms. The summed E-state index contributed by atoms with van der Waals surface area (Å²) in [6.45, 7) is 2.45. The highest BCUT2D eigenvalue weighted by Gasteiger charge is 2.30. The summed E-state index contributed by atoms with van der Waals surface area (Å²) >= 11 is 4.75. The Balaban J connectivity index is 2.13. The molecular formula is C13H15FN2O2S. The number of nitrogens with one attached hydrogen (secondary N) is 1. The van der Waals surface area contributed by atoms with E-state index in [1.807, 2.05) is 6.92 Å². The van der Waals surface area contributed by atoms with Crippen LogP contribution in [-0.4, -0.2) is 23.6 Å². The average molecular weight is 282 g/mol. The first-order chi connectivity index (χ1) is 8.99. The first-order valence-electron chi connectivity index (χ1n) is 6.01. The van der Waals surface area contributed by atoms with Gasteiger partial charge in [0.25, 0.3) is 0 Å². The first-order valence-corrected chi connectivity index (χ1v) is 6.41. The second kappa shape index (κ2) is 5.63. The molecule has 3 N–H and O–H groups in total. The van der Waals surface area contributed by atoms with Crippen LogP contribution in [0.5, 0.6) is 0 Å². The van der Waals surface area contributed by atoms with Crippen LogP contribution in [0, 0.1) is 11.7 Å². The molecule has 0 aliphatic carbocycles. The molecule has 0 bridgehead atoms. The Bertz CT molecular complexity index is 521. The lowest BCUT2D eigenvalue weighted by Gasteiger charge is -2.14. The number of amides is 1. The molecule has 1 saturated heterocycles. The number of anilines is 1. The molecule has 2 unspecified atom stereocenters. The molecule has 1 aromatic carbocycles. The van der Waals surface area contributed by atoms with E-state index in [-0.39, 0.29) is 28.5 Å². The maximum atomic E-state index is 13.4. The third kappa shape index (κ3) is 3.08. The molecule has 1 fully saturated rings. The molecule has 1 aromatic rings. The van der Waals surface area contributed by atoms with Gasteiger partial charge >= 0.3 is 0 Å². The van der Waals surface area contributed by atoms with E-state index in [2.05, 4.69) is 5.32 Å². The lowest BCUT2D eigenvalue weighted by molar-refractivity contribution is -0.121. The minimum atomic E-state index is -0.497. The van der Waals surface area contributed by atoms with Crippen molar-refractivity contribution in [3.05, 3.63) is 29.6 Å². The van der Waals surface area contributed by atoms with Crippen LogP contribution in [0.25, 0.3) is 0 Å². The molecule has 0 aromatic heterocycles. The summed E-state index contributed by atoms with van der Waals surface area (Å²) in [7, 11) is 0. The number of thiocarbonyl (C=S) groups is 1. The predicted octanol–water partition coefficient (Wildman–Crippen LogP) is 1.82. The maximum absolute atomic E-state index is 13.4. The number of rotatable bonds is 3. The smallest absolute Gasteiger partial charge is 0.230 e. The van der Waals surface area contributed by atoms with Gasteiger partial charge in [0.15, 0.2) is 0 Å². The second-order valence-corrected chi connectivity index (χ2v) is 4.96. The number of nitrogens with two attached hydrogens (primary N) is 1. The maximum Gasteiger partial charge on any atom is 0.230 e. The third-order valence-corrected chi connectivity index (χ3v) is 3.43. The van der Waals surface area contributed by atoms with Crippen molar-refractivity contribution in [2.24, 2.45) is 11.7 Å². The van der Waals surface area contributed by atoms with Crippen molar-refractivity contribution in [2.75, 3.05) is 11.9 Å². The van der Waals surface area contributed by atoms with Gasteiger partial charge < -0.3 is 15.8 Å². The van der Waals surface area contributed by atoms with Crippen LogP contribution in [0.15, 0.2) is 18.2 Å². The van der Waals surface area contributed by atoms with Gasteiger partial charge in [0.05, 0.1) is 12.0 Å². The average Bonchev–Trinajstić information content (AvgIpc) is 2.77. The van der Waals surface area contributed by atoms with Crippen molar-refractivity contribution >= 4 is 28.8 Å². The first kappa shape index (κ1) is 13.9. The Morgan fingerprint density at radius 2 is 2.32 bits per heavy atom. The number of benzene rings is 1. The molecule has 2 atom stereocenters. The van der Waals surface area contributed by atoms with Gasteiger partial charge in [-0.25, -0.2) is 4.39 Å². The number of hydrogen-bond donors (Lipinski definition) is 2. The van der Waals surface area contributed by atoms with Crippen molar-refractivity contribution < 1.29 is 13.9 Å². The number of halogens is 1. The topological polar surface area (TPSA) is 64.3 Å². The SMILES string of the molecule is CC1OCCC1C(=O)Nc1ccc(F)c(C(N)=S)c1. The Morgan fingerprint density at radius 1 is 1.58 bits per heavy atom. The van der Waals surface area contributed by atoms with E-state index in [1.54, 1.807) is 0 Å². The normalized spacial score (nSPS) is 22.2. The minimum Gasteiger partial charge on any atom is -0.389 e. The molecule has 0 radical (unpaired) electrons. The summed E-state index contributed by atoms with van der Waals surface area (Å²) in [5, 5.41) is 2.74. The van der Waals surface area contributed by atoms with Gasteiger partial charge in [-0.05, 0) is 31.5 Å². The minimum absolute atomic E-state index is 0.0360. The van der Waals surface area contributed by atoms with Crippen molar-refractivity contribution in [3.63, 3.8) is 0 Å². The number of hydrogen-bond acceptors (Lipinski definition) is 3. The van der Waals surface area contributed by atoms with Gasteiger partial charge in [-0.15, -0.1) is 0 Å². The van der Waals surface area contributed by atoms with Gasteiger partial charge in [0.1, 0.15) is 10.8 Å². The molecule has 19 heavy (non-hydrogen) atoms. The third-order valence-electron chi connectivity index (χ3n) is 3.21. The zero-order valence-electron chi connectivity index (χ0n) is 10.5. The summed E-state index contributed by atoms with van der Waals surface area (Å²) in [5.41, 5.74) is 6.03.